The summed E-state index contributed by atoms with van der Waals surface area (Å²) in [7, 11) is 0. The molecule has 0 radical (unpaired) electrons. The first-order valence-electron chi connectivity index (χ1n) is 6.20. The Morgan fingerprint density at radius 1 is 1.35 bits per heavy atom. The summed E-state index contributed by atoms with van der Waals surface area (Å²) in [4.78, 5) is 0. The summed E-state index contributed by atoms with van der Waals surface area (Å²) >= 11 is 1.72. The van der Waals surface area contributed by atoms with Gasteiger partial charge in [-0.3, -0.25) is 0 Å². The van der Waals surface area contributed by atoms with Gasteiger partial charge in [0.1, 0.15) is 11.3 Å². The van der Waals surface area contributed by atoms with Crippen LogP contribution in [0.1, 0.15) is 37.0 Å². The smallest absolute Gasteiger partial charge is 0.137 e. The van der Waals surface area contributed by atoms with E-state index in [0.717, 1.165) is 11.3 Å². The van der Waals surface area contributed by atoms with Crippen LogP contribution in [-0.2, 0) is 0 Å². The van der Waals surface area contributed by atoms with Crippen LogP contribution in [0.2, 0.25) is 0 Å². The van der Waals surface area contributed by atoms with Crippen molar-refractivity contribution in [1.29, 1.82) is 0 Å². The number of rotatable bonds is 4. The lowest BCUT2D eigenvalue weighted by Gasteiger charge is -2.04. The molecule has 90 valence electrons. The molecule has 1 saturated carbocycles. The quantitative estimate of drug-likeness (QED) is 0.793. The largest absolute Gasteiger partial charge is 0.461 e. The molecule has 1 aliphatic rings. The standard InChI is InChI=1S/C14H17NOS/c1-3-17-15-12-6-9(2)14-11(7-12)8-13(16-14)10-4-5-10/h6-8,10,15H,3-5H2,1-2H3. The molecule has 0 spiro atoms. The molecule has 1 fully saturated rings. The van der Waals surface area contributed by atoms with Gasteiger partial charge >= 0.3 is 0 Å². The number of benzene rings is 1. The van der Waals surface area contributed by atoms with E-state index in [1.54, 1.807) is 11.9 Å². The maximum Gasteiger partial charge on any atom is 0.137 e. The molecular formula is C14H17NOS. The Morgan fingerprint density at radius 2 is 2.18 bits per heavy atom. The number of fused-ring (bicyclic) bond motifs is 1. The SMILES string of the molecule is CCSNc1cc(C)c2oc(C3CC3)cc2c1. The maximum absolute atomic E-state index is 5.95. The Labute approximate surface area is 106 Å². The lowest BCUT2D eigenvalue weighted by atomic mass is 10.1. The van der Waals surface area contributed by atoms with E-state index >= 15 is 0 Å². The van der Waals surface area contributed by atoms with Crippen LogP contribution in [-0.4, -0.2) is 5.75 Å². The second kappa shape index (κ2) is 4.30. The first kappa shape index (κ1) is 11.0. The number of hydrogen-bond acceptors (Lipinski definition) is 3. The summed E-state index contributed by atoms with van der Waals surface area (Å²) in [5.74, 6) is 2.92. The number of hydrogen-bond donors (Lipinski definition) is 1. The van der Waals surface area contributed by atoms with Gasteiger partial charge < -0.3 is 9.14 Å². The summed E-state index contributed by atoms with van der Waals surface area (Å²) in [6.45, 7) is 4.26. The summed E-state index contributed by atoms with van der Waals surface area (Å²) < 4.78 is 9.30. The van der Waals surface area contributed by atoms with Gasteiger partial charge in [-0.05, 0) is 43.5 Å². The monoisotopic (exact) mass is 247 g/mol. The minimum absolute atomic E-state index is 0.684. The third kappa shape index (κ3) is 2.16. The molecule has 3 heteroatoms. The molecule has 0 bridgehead atoms. The minimum atomic E-state index is 0.684. The normalized spacial score (nSPS) is 15.4. The fraction of sp³-hybridized carbons (Fsp3) is 0.429. The second-order valence-electron chi connectivity index (χ2n) is 4.67. The minimum Gasteiger partial charge on any atom is -0.461 e. The van der Waals surface area contributed by atoms with Crippen molar-refractivity contribution in [1.82, 2.24) is 0 Å². The van der Waals surface area contributed by atoms with Gasteiger partial charge in [0, 0.05) is 22.7 Å². The van der Waals surface area contributed by atoms with Gasteiger partial charge in [0.15, 0.2) is 0 Å². The first-order chi connectivity index (χ1) is 8.28. The molecule has 0 saturated heterocycles. The van der Waals surface area contributed by atoms with Crippen LogP contribution in [0, 0.1) is 6.92 Å². The van der Waals surface area contributed by atoms with Crippen molar-refractivity contribution in [2.75, 3.05) is 10.5 Å². The predicted molar refractivity (Wildman–Crippen MR) is 74.7 cm³/mol. The van der Waals surface area contributed by atoms with Gasteiger partial charge in [-0.2, -0.15) is 0 Å². The Balaban J connectivity index is 1.99. The molecule has 3 rings (SSSR count). The third-order valence-electron chi connectivity index (χ3n) is 3.14. The Bertz CT molecular complexity index is 542. The average Bonchev–Trinajstić information content (AvgIpc) is 3.07. The van der Waals surface area contributed by atoms with Gasteiger partial charge in [0.25, 0.3) is 0 Å². The van der Waals surface area contributed by atoms with Crippen LogP contribution in [0.3, 0.4) is 0 Å². The van der Waals surface area contributed by atoms with Crippen LogP contribution in [0.4, 0.5) is 5.69 Å². The van der Waals surface area contributed by atoms with E-state index in [1.807, 2.05) is 0 Å². The van der Waals surface area contributed by atoms with Gasteiger partial charge in [0.2, 0.25) is 0 Å². The molecular weight excluding hydrogens is 230 g/mol. The summed E-state index contributed by atoms with van der Waals surface area (Å²) in [5, 5.41) is 1.23. The van der Waals surface area contributed by atoms with E-state index in [9.17, 15) is 0 Å². The highest BCUT2D eigenvalue weighted by Crippen LogP contribution is 2.43. The molecule has 0 atom stereocenters. The zero-order valence-corrected chi connectivity index (χ0v) is 11.1. The molecule has 1 heterocycles. The molecule has 2 nitrogen and oxygen atoms in total. The Hall–Kier alpha value is -1.09. The average molecular weight is 247 g/mol. The Kier molecular flexibility index (Phi) is 2.79. The predicted octanol–water partition coefficient (Wildman–Crippen LogP) is 4.70. The fourth-order valence-electron chi connectivity index (χ4n) is 2.13. The summed E-state index contributed by atoms with van der Waals surface area (Å²) in [6.07, 6.45) is 2.57. The van der Waals surface area contributed by atoms with Crippen molar-refractivity contribution in [3.05, 3.63) is 29.5 Å². The highest BCUT2D eigenvalue weighted by molar-refractivity contribution is 8.00. The second-order valence-corrected chi connectivity index (χ2v) is 5.74. The molecule has 0 unspecified atom stereocenters. The van der Waals surface area contributed by atoms with E-state index < -0.39 is 0 Å². The number of anilines is 1. The molecule has 0 amide bonds. The van der Waals surface area contributed by atoms with E-state index in [1.165, 1.54) is 35.2 Å². The van der Waals surface area contributed by atoms with E-state index in [-0.39, 0.29) is 0 Å². The number of aryl methyl sites for hydroxylation is 1. The summed E-state index contributed by atoms with van der Waals surface area (Å²) in [6, 6.07) is 6.55. The van der Waals surface area contributed by atoms with Crippen LogP contribution >= 0.6 is 11.9 Å². The van der Waals surface area contributed by atoms with Gasteiger partial charge in [-0.15, -0.1) is 0 Å². The molecule has 2 aromatic rings. The van der Waals surface area contributed by atoms with Crippen molar-refractivity contribution < 1.29 is 4.42 Å². The lowest BCUT2D eigenvalue weighted by Crippen LogP contribution is -1.87. The zero-order chi connectivity index (χ0) is 11.8. The topological polar surface area (TPSA) is 25.2 Å². The van der Waals surface area contributed by atoms with Gasteiger partial charge in [-0.1, -0.05) is 18.9 Å². The van der Waals surface area contributed by atoms with E-state index in [2.05, 4.69) is 36.8 Å². The highest BCUT2D eigenvalue weighted by atomic mass is 32.2. The highest BCUT2D eigenvalue weighted by Gasteiger charge is 2.27. The number of nitrogens with one attached hydrogen (secondary N) is 1. The maximum atomic E-state index is 5.95. The molecule has 1 aromatic heterocycles. The van der Waals surface area contributed by atoms with Crippen LogP contribution in [0.5, 0.6) is 0 Å². The third-order valence-corrected chi connectivity index (χ3v) is 3.80. The zero-order valence-electron chi connectivity index (χ0n) is 10.2. The van der Waals surface area contributed by atoms with Crippen molar-refractivity contribution in [2.24, 2.45) is 0 Å². The van der Waals surface area contributed by atoms with Crippen molar-refractivity contribution in [2.45, 2.75) is 32.6 Å². The molecule has 1 aliphatic carbocycles. The van der Waals surface area contributed by atoms with Crippen LogP contribution in [0.15, 0.2) is 22.6 Å². The molecule has 1 N–H and O–H groups in total. The van der Waals surface area contributed by atoms with Crippen LogP contribution < -0.4 is 4.72 Å². The molecule has 0 aliphatic heterocycles. The molecule has 1 aromatic carbocycles. The van der Waals surface area contributed by atoms with Crippen molar-refractivity contribution in [3.63, 3.8) is 0 Å². The van der Waals surface area contributed by atoms with Crippen LogP contribution in [0.25, 0.3) is 11.0 Å². The first-order valence-corrected chi connectivity index (χ1v) is 7.18. The Morgan fingerprint density at radius 3 is 2.88 bits per heavy atom. The summed E-state index contributed by atoms with van der Waals surface area (Å²) in [5.41, 5.74) is 3.44. The molecule has 17 heavy (non-hydrogen) atoms. The lowest BCUT2D eigenvalue weighted by molar-refractivity contribution is 0.550. The number of furan rings is 1. The van der Waals surface area contributed by atoms with Gasteiger partial charge in [-0.25, -0.2) is 0 Å². The van der Waals surface area contributed by atoms with E-state index in [4.69, 9.17) is 4.42 Å². The van der Waals surface area contributed by atoms with Gasteiger partial charge in [0.05, 0.1) is 0 Å². The van der Waals surface area contributed by atoms with Crippen molar-refractivity contribution in [3.8, 4) is 0 Å². The fourth-order valence-corrected chi connectivity index (χ4v) is 2.56. The van der Waals surface area contributed by atoms with Crippen molar-refractivity contribution >= 4 is 28.6 Å². The van der Waals surface area contributed by atoms with E-state index in [0.29, 0.717) is 5.92 Å².